The van der Waals surface area contributed by atoms with Crippen molar-refractivity contribution < 1.29 is 13.5 Å². The Balaban J connectivity index is 3.18. The molecule has 0 aromatic heterocycles. The first kappa shape index (κ1) is 14.9. The van der Waals surface area contributed by atoms with Crippen molar-refractivity contribution in [1.82, 2.24) is 4.72 Å². The van der Waals surface area contributed by atoms with Gasteiger partial charge in [-0.25, -0.2) is 13.1 Å². The van der Waals surface area contributed by atoms with E-state index in [1.165, 1.54) is 13.8 Å². The second kappa shape index (κ2) is 4.87. The van der Waals surface area contributed by atoms with Gasteiger partial charge in [0.25, 0.3) is 0 Å². The minimum atomic E-state index is -3.71. The number of aliphatic hydroxyl groups is 1. The van der Waals surface area contributed by atoms with Crippen molar-refractivity contribution in [3.05, 3.63) is 23.3 Å². The molecule has 0 amide bonds. The van der Waals surface area contributed by atoms with Gasteiger partial charge in [0, 0.05) is 6.54 Å². The Kier molecular flexibility index (Phi) is 4.05. The maximum atomic E-state index is 12.2. The molecule has 0 aliphatic carbocycles. The van der Waals surface area contributed by atoms with Crippen LogP contribution < -0.4 is 10.5 Å². The summed E-state index contributed by atoms with van der Waals surface area (Å²) in [4.78, 5) is 0.0896. The van der Waals surface area contributed by atoms with Gasteiger partial charge in [-0.05, 0) is 38.8 Å². The predicted molar refractivity (Wildman–Crippen MR) is 71.8 cm³/mol. The normalized spacial score (nSPS) is 12.7. The number of nitrogen functional groups attached to an aromatic ring is 1. The van der Waals surface area contributed by atoms with Crippen molar-refractivity contribution >= 4 is 15.7 Å². The lowest BCUT2D eigenvalue weighted by atomic mass is 10.1. The highest BCUT2D eigenvalue weighted by molar-refractivity contribution is 7.89. The molecule has 0 spiro atoms. The number of sulfonamides is 1. The van der Waals surface area contributed by atoms with Crippen molar-refractivity contribution in [2.24, 2.45) is 0 Å². The molecule has 0 saturated heterocycles. The summed E-state index contributed by atoms with van der Waals surface area (Å²) in [6.45, 7) is 6.43. The maximum absolute atomic E-state index is 12.2. The number of nitrogens with one attached hydrogen (secondary N) is 1. The van der Waals surface area contributed by atoms with Crippen LogP contribution in [0.2, 0.25) is 0 Å². The molecule has 102 valence electrons. The largest absolute Gasteiger partial charge is 0.397 e. The highest BCUT2D eigenvalue weighted by atomic mass is 32.2. The van der Waals surface area contributed by atoms with Gasteiger partial charge in [-0.1, -0.05) is 12.1 Å². The van der Waals surface area contributed by atoms with Crippen LogP contribution in [0.25, 0.3) is 0 Å². The number of anilines is 1. The van der Waals surface area contributed by atoms with Crippen LogP contribution in [0, 0.1) is 13.8 Å². The molecule has 0 heterocycles. The molecule has 0 saturated carbocycles. The first-order valence-corrected chi connectivity index (χ1v) is 7.10. The molecule has 0 atom stereocenters. The first-order valence-electron chi connectivity index (χ1n) is 5.62. The van der Waals surface area contributed by atoms with E-state index in [0.29, 0.717) is 11.1 Å². The van der Waals surface area contributed by atoms with Gasteiger partial charge in [0.15, 0.2) is 0 Å². The van der Waals surface area contributed by atoms with Gasteiger partial charge in [0.05, 0.1) is 11.3 Å². The number of rotatable bonds is 4. The van der Waals surface area contributed by atoms with Crippen LogP contribution in [0.15, 0.2) is 17.0 Å². The van der Waals surface area contributed by atoms with E-state index in [4.69, 9.17) is 5.73 Å². The van der Waals surface area contributed by atoms with Crippen LogP contribution in [-0.2, 0) is 10.0 Å². The van der Waals surface area contributed by atoms with E-state index in [1.807, 2.05) is 0 Å². The number of aryl methyl sites for hydroxylation is 2. The molecule has 0 bridgehead atoms. The standard InChI is InChI=1S/C12H20N2O3S/c1-8-5-6-9(2)11(10(8)13)18(16,17)14-7-12(3,4)15/h5-6,14-15H,7,13H2,1-4H3. The summed E-state index contributed by atoms with van der Waals surface area (Å²) < 4.78 is 26.7. The molecule has 1 aromatic rings. The third kappa shape index (κ3) is 3.44. The molecule has 0 unspecified atom stereocenters. The third-order valence-electron chi connectivity index (χ3n) is 2.57. The van der Waals surface area contributed by atoms with E-state index in [9.17, 15) is 13.5 Å². The fourth-order valence-electron chi connectivity index (χ4n) is 1.51. The molecule has 0 radical (unpaired) electrons. The smallest absolute Gasteiger partial charge is 0.242 e. The molecule has 18 heavy (non-hydrogen) atoms. The SMILES string of the molecule is Cc1ccc(C)c(S(=O)(=O)NCC(C)(C)O)c1N. The van der Waals surface area contributed by atoms with Crippen LogP contribution in [-0.4, -0.2) is 25.7 Å². The molecule has 0 fully saturated rings. The fourth-order valence-corrected chi connectivity index (χ4v) is 3.14. The van der Waals surface area contributed by atoms with Crippen LogP contribution in [0.5, 0.6) is 0 Å². The highest BCUT2D eigenvalue weighted by Crippen LogP contribution is 2.25. The van der Waals surface area contributed by atoms with E-state index in [1.54, 1.807) is 26.0 Å². The van der Waals surface area contributed by atoms with Gasteiger partial charge >= 0.3 is 0 Å². The number of hydrogen-bond donors (Lipinski definition) is 3. The second-order valence-electron chi connectivity index (χ2n) is 5.08. The van der Waals surface area contributed by atoms with E-state index in [0.717, 1.165) is 0 Å². The molecular formula is C12H20N2O3S. The van der Waals surface area contributed by atoms with Gasteiger partial charge in [0.2, 0.25) is 10.0 Å². The molecule has 5 nitrogen and oxygen atoms in total. The van der Waals surface area contributed by atoms with E-state index >= 15 is 0 Å². The fraction of sp³-hybridized carbons (Fsp3) is 0.500. The van der Waals surface area contributed by atoms with Crippen LogP contribution in [0.1, 0.15) is 25.0 Å². The van der Waals surface area contributed by atoms with E-state index in [2.05, 4.69) is 4.72 Å². The zero-order valence-corrected chi connectivity index (χ0v) is 11.9. The maximum Gasteiger partial charge on any atom is 0.242 e. The second-order valence-corrected chi connectivity index (χ2v) is 6.78. The predicted octanol–water partition coefficient (Wildman–Crippen LogP) is 0.935. The topological polar surface area (TPSA) is 92.4 Å². The average Bonchev–Trinajstić information content (AvgIpc) is 2.20. The van der Waals surface area contributed by atoms with E-state index in [-0.39, 0.29) is 17.1 Å². The average molecular weight is 272 g/mol. The molecular weight excluding hydrogens is 252 g/mol. The lowest BCUT2D eigenvalue weighted by molar-refractivity contribution is 0.0857. The molecule has 6 heteroatoms. The van der Waals surface area contributed by atoms with Crippen molar-refractivity contribution in [2.45, 2.75) is 38.2 Å². The van der Waals surface area contributed by atoms with Gasteiger partial charge in [-0.15, -0.1) is 0 Å². The Morgan fingerprint density at radius 2 is 1.78 bits per heavy atom. The Morgan fingerprint density at radius 3 is 2.28 bits per heavy atom. The Labute approximate surface area is 108 Å². The first-order chi connectivity index (χ1) is 8.04. The van der Waals surface area contributed by atoms with Gasteiger partial charge in [0.1, 0.15) is 4.90 Å². The van der Waals surface area contributed by atoms with Gasteiger partial charge in [-0.2, -0.15) is 0 Å². The van der Waals surface area contributed by atoms with Crippen molar-refractivity contribution in [3.63, 3.8) is 0 Å². The molecule has 1 aromatic carbocycles. The monoisotopic (exact) mass is 272 g/mol. The summed E-state index contributed by atoms with van der Waals surface area (Å²) in [5.41, 5.74) is 6.26. The molecule has 0 aliphatic rings. The summed E-state index contributed by atoms with van der Waals surface area (Å²) >= 11 is 0. The van der Waals surface area contributed by atoms with Crippen molar-refractivity contribution in [3.8, 4) is 0 Å². The summed E-state index contributed by atoms with van der Waals surface area (Å²) in [5.74, 6) is 0. The Morgan fingerprint density at radius 1 is 1.28 bits per heavy atom. The summed E-state index contributed by atoms with van der Waals surface area (Å²) in [6, 6.07) is 3.49. The van der Waals surface area contributed by atoms with Crippen LogP contribution >= 0.6 is 0 Å². The van der Waals surface area contributed by atoms with E-state index < -0.39 is 15.6 Å². The Bertz CT molecular complexity index is 545. The van der Waals surface area contributed by atoms with Crippen LogP contribution in [0.4, 0.5) is 5.69 Å². The minimum absolute atomic E-state index is 0.0673. The van der Waals surface area contributed by atoms with Gasteiger partial charge in [-0.3, -0.25) is 0 Å². The zero-order valence-electron chi connectivity index (χ0n) is 11.1. The Hall–Kier alpha value is -1.11. The molecule has 1 rings (SSSR count). The number of benzene rings is 1. The molecule has 4 N–H and O–H groups in total. The quantitative estimate of drug-likeness (QED) is 0.711. The lowest BCUT2D eigenvalue weighted by Crippen LogP contribution is -2.38. The van der Waals surface area contributed by atoms with Gasteiger partial charge < -0.3 is 10.8 Å². The van der Waals surface area contributed by atoms with Crippen molar-refractivity contribution in [1.29, 1.82) is 0 Å². The number of hydrogen-bond acceptors (Lipinski definition) is 4. The summed E-state index contributed by atoms with van der Waals surface area (Å²) in [5, 5.41) is 9.56. The minimum Gasteiger partial charge on any atom is -0.397 e. The lowest BCUT2D eigenvalue weighted by Gasteiger charge is -2.19. The summed E-state index contributed by atoms with van der Waals surface area (Å²) in [6.07, 6.45) is 0. The number of nitrogens with two attached hydrogens (primary N) is 1. The third-order valence-corrected chi connectivity index (χ3v) is 4.18. The summed E-state index contributed by atoms with van der Waals surface area (Å²) in [7, 11) is -3.71. The zero-order chi connectivity index (χ0) is 14.1. The molecule has 0 aliphatic heterocycles. The van der Waals surface area contributed by atoms with Crippen molar-refractivity contribution in [2.75, 3.05) is 12.3 Å². The highest BCUT2D eigenvalue weighted by Gasteiger charge is 2.23. The van der Waals surface area contributed by atoms with Crippen LogP contribution in [0.3, 0.4) is 0 Å².